The molecule has 0 saturated heterocycles. The van der Waals surface area contributed by atoms with Crippen LogP contribution in [0.15, 0.2) is 36.5 Å². The third kappa shape index (κ3) is 3.32. The molecule has 2 unspecified atom stereocenters. The fraction of sp³-hybridized carbons (Fsp3) is 0.471. The predicted molar refractivity (Wildman–Crippen MR) is 82.2 cm³/mol. The Hall–Kier alpha value is -1.41. The van der Waals surface area contributed by atoms with Crippen molar-refractivity contribution in [3.05, 3.63) is 42.1 Å². The van der Waals surface area contributed by atoms with E-state index in [1.165, 1.54) is 23.8 Å². The van der Waals surface area contributed by atoms with E-state index in [-0.39, 0.29) is 0 Å². The Kier molecular flexibility index (Phi) is 4.92. The van der Waals surface area contributed by atoms with Gasteiger partial charge in [-0.25, -0.2) is 0 Å². The maximum absolute atomic E-state index is 4.39. The van der Waals surface area contributed by atoms with Gasteiger partial charge in [0.05, 0.1) is 5.52 Å². The first-order chi connectivity index (χ1) is 9.26. The molecule has 1 aromatic carbocycles. The summed E-state index contributed by atoms with van der Waals surface area (Å²) in [6.07, 6.45) is 4.34. The second-order valence-electron chi connectivity index (χ2n) is 5.26. The zero-order valence-electron chi connectivity index (χ0n) is 12.2. The third-order valence-corrected chi connectivity index (χ3v) is 3.72. The number of fused-ring (bicyclic) bond motifs is 1. The number of pyridine rings is 1. The van der Waals surface area contributed by atoms with Crippen molar-refractivity contribution in [3.63, 3.8) is 0 Å². The molecule has 0 bridgehead atoms. The molecule has 0 saturated carbocycles. The van der Waals surface area contributed by atoms with Gasteiger partial charge in [-0.1, -0.05) is 39.3 Å². The lowest BCUT2D eigenvalue weighted by Gasteiger charge is -2.25. The topological polar surface area (TPSA) is 24.9 Å². The number of aromatic nitrogens is 1. The van der Waals surface area contributed by atoms with Crippen LogP contribution in [-0.4, -0.2) is 11.5 Å². The van der Waals surface area contributed by atoms with E-state index in [2.05, 4.69) is 55.3 Å². The molecule has 0 spiro atoms. The van der Waals surface area contributed by atoms with Gasteiger partial charge in [0.15, 0.2) is 0 Å². The maximum atomic E-state index is 4.39. The highest BCUT2D eigenvalue weighted by molar-refractivity contribution is 5.79. The summed E-state index contributed by atoms with van der Waals surface area (Å²) >= 11 is 0. The minimum absolute atomic E-state index is 0.439. The Morgan fingerprint density at radius 3 is 2.79 bits per heavy atom. The lowest BCUT2D eigenvalue weighted by atomic mass is 9.90. The van der Waals surface area contributed by atoms with Crippen LogP contribution in [0.1, 0.15) is 45.2 Å². The number of nitrogens with zero attached hydrogens (tertiary/aromatic N) is 1. The summed E-state index contributed by atoms with van der Waals surface area (Å²) in [4.78, 5) is 4.39. The van der Waals surface area contributed by atoms with Gasteiger partial charge < -0.3 is 5.32 Å². The van der Waals surface area contributed by atoms with E-state index in [9.17, 15) is 0 Å². The Labute approximate surface area is 116 Å². The van der Waals surface area contributed by atoms with Gasteiger partial charge in [-0.3, -0.25) is 4.98 Å². The van der Waals surface area contributed by atoms with Crippen LogP contribution in [-0.2, 0) is 0 Å². The molecule has 1 N–H and O–H groups in total. The minimum Gasteiger partial charge on any atom is -0.310 e. The van der Waals surface area contributed by atoms with Gasteiger partial charge in [-0.2, -0.15) is 0 Å². The molecule has 0 fully saturated rings. The van der Waals surface area contributed by atoms with Crippen molar-refractivity contribution in [1.29, 1.82) is 0 Å². The van der Waals surface area contributed by atoms with Crippen LogP contribution in [0.4, 0.5) is 0 Å². The Morgan fingerprint density at radius 1 is 1.21 bits per heavy atom. The molecular weight excluding hydrogens is 232 g/mol. The van der Waals surface area contributed by atoms with Crippen LogP contribution in [0.5, 0.6) is 0 Å². The molecule has 1 heterocycles. The molecule has 0 aliphatic rings. The van der Waals surface area contributed by atoms with E-state index < -0.39 is 0 Å². The molecule has 0 aliphatic heterocycles. The van der Waals surface area contributed by atoms with E-state index in [0.717, 1.165) is 12.1 Å². The molecule has 2 atom stereocenters. The minimum atomic E-state index is 0.439. The Bertz CT molecular complexity index is 521. The zero-order chi connectivity index (χ0) is 13.7. The van der Waals surface area contributed by atoms with Crippen LogP contribution in [0, 0.1) is 5.92 Å². The molecule has 2 aromatic rings. The largest absolute Gasteiger partial charge is 0.310 e. The van der Waals surface area contributed by atoms with Gasteiger partial charge in [0.25, 0.3) is 0 Å². The second-order valence-corrected chi connectivity index (χ2v) is 5.26. The molecule has 2 nitrogen and oxygen atoms in total. The fourth-order valence-electron chi connectivity index (χ4n) is 2.78. The Balaban J connectivity index is 2.32. The molecular formula is C17H24N2. The van der Waals surface area contributed by atoms with Crippen molar-refractivity contribution in [1.82, 2.24) is 10.3 Å². The number of hydrogen-bond donors (Lipinski definition) is 1. The van der Waals surface area contributed by atoms with Gasteiger partial charge in [-0.15, -0.1) is 0 Å². The van der Waals surface area contributed by atoms with E-state index >= 15 is 0 Å². The molecule has 2 rings (SSSR count). The lowest BCUT2D eigenvalue weighted by Crippen LogP contribution is -2.26. The standard InChI is InChI=1S/C17H24N2/c1-4-7-13(3)17(18-5-2)15-9-10-16-14(12-15)8-6-11-19-16/h6,8-13,17-18H,4-5,7H2,1-3H3. The summed E-state index contributed by atoms with van der Waals surface area (Å²) < 4.78 is 0. The summed E-state index contributed by atoms with van der Waals surface area (Å²) in [5, 5.41) is 4.86. The quantitative estimate of drug-likeness (QED) is 0.832. The summed E-state index contributed by atoms with van der Waals surface area (Å²) in [7, 11) is 0. The highest BCUT2D eigenvalue weighted by Gasteiger charge is 2.17. The van der Waals surface area contributed by atoms with E-state index in [1.54, 1.807) is 0 Å². The normalized spacial score (nSPS) is 14.5. The van der Waals surface area contributed by atoms with Crippen molar-refractivity contribution < 1.29 is 0 Å². The lowest BCUT2D eigenvalue weighted by molar-refractivity contribution is 0.369. The fourth-order valence-corrected chi connectivity index (χ4v) is 2.78. The average molecular weight is 256 g/mol. The smallest absolute Gasteiger partial charge is 0.0702 e. The number of rotatable bonds is 6. The van der Waals surface area contributed by atoms with Crippen molar-refractivity contribution in [2.45, 2.75) is 39.7 Å². The molecule has 0 aliphatic carbocycles. The summed E-state index contributed by atoms with van der Waals surface area (Å²) in [6.45, 7) is 7.77. The zero-order valence-corrected chi connectivity index (χ0v) is 12.2. The number of benzene rings is 1. The molecule has 19 heavy (non-hydrogen) atoms. The van der Waals surface area contributed by atoms with Crippen LogP contribution in [0.25, 0.3) is 10.9 Å². The SMILES string of the molecule is CCCC(C)C(NCC)c1ccc2ncccc2c1. The van der Waals surface area contributed by atoms with Crippen molar-refractivity contribution in [3.8, 4) is 0 Å². The first-order valence-electron chi connectivity index (χ1n) is 7.34. The summed E-state index contributed by atoms with van der Waals surface area (Å²) in [6, 6.07) is 11.2. The van der Waals surface area contributed by atoms with Gasteiger partial charge in [-0.05, 0) is 42.6 Å². The van der Waals surface area contributed by atoms with E-state index in [0.29, 0.717) is 12.0 Å². The van der Waals surface area contributed by atoms with Gasteiger partial charge in [0, 0.05) is 17.6 Å². The monoisotopic (exact) mass is 256 g/mol. The molecule has 102 valence electrons. The molecule has 0 radical (unpaired) electrons. The maximum Gasteiger partial charge on any atom is 0.0702 e. The van der Waals surface area contributed by atoms with E-state index in [4.69, 9.17) is 0 Å². The molecule has 2 heteroatoms. The van der Waals surface area contributed by atoms with E-state index in [1.807, 2.05) is 12.3 Å². The van der Waals surface area contributed by atoms with Crippen molar-refractivity contribution in [2.75, 3.05) is 6.54 Å². The summed E-state index contributed by atoms with van der Waals surface area (Å²) in [5.74, 6) is 0.652. The number of hydrogen-bond acceptors (Lipinski definition) is 2. The van der Waals surface area contributed by atoms with Crippen LogP contribution in [0.2, 0.25) is 0 Å². The molecule has 1 aromatic heterocycles. The third-order valence-electron chi connectivity index (χ3n) is 3.72. The van der Waals surface area contributed by atoms with Crippen LogP contribution >= 0.6 is 0 Å². The van der Waals surface area contributed by atoms with Crippen LogP contribution in [0.3, 0.4) is 0 Å². The highest BCUT2D eigenvalue weighted by Crippen LogP contribution is 2.27. The van der Waals surface area contributed by atoms with Crippen LogP contribution < -0.4 is 5.32 Å². The number of nitrogens with one attached hydrogen (secondary N) is 1. The van der Waals surface area contributed by atoms with Crippen molar-refractivity contribution in [2.24, 2.45) is 5.92 Å². The second kappa shape index (κ2) is 6.67. The average Bonchev–Trinajstić information content (AvgIpc) is 2.44. The molecule has 0 amide bonds. The summed E-state index contributed by atoms with van der Waals surface area (Å²) in [5.41, 5.74) is 2.45. The first kappa shape index (κ1) is 14.0. The first-order valence-corrected chi connectivity index (χ1v) is 7.34. The van der Waals surface area contributed by atoms with Gasteiger partial charge in [0.1, 0.15) is 0 Å². The Morgan fingerprint density at radius 2 is 2.05 bits per heavy atom. The van der Waals surface area contributed by atoms with Gasteiger partial charge in [0.2, 0.25) is 0 Å². The highest BCUT2D eigenvalue weighted by atomic mass is 14.9. The predicted octanol–water partition coefficient (Wildman–Crippen LogP) is 4.32. The van der Waals surface area contributed by atoms with Gasteiger partial charge >= 0.3 is 0 Å². The van der Waals surface area contributed by atoms with Crippen molar-refractivity contribution >= 4 is 10.9 Å².